The molecule has 21 heavy (non-hydrogen) atoms. The molecule has 0 bridgehead atoms. The zero-order valence-corrected chi connectivity index (χ0v) is 13.3. The van der Waals surface area contributed by atoms with Crippen molar-refractivity contribution in [1.82, 2.24) is 19.5 Å². The molecule has 108 valence electrons. The van der Waals surface area contributed by atoms with Gasteiger partial charge in [-0.05, 0) is 44.1 Å². The maximum absolute atomic E-state index is 6.26. The Hall–Kier alpha value is -1.46. The lowest BCUT2D eigenvalue weighted by Crippen LogP contribution is -2.12. The topological polar surface area (TPSA) is 43.6 Å². The number of aromatic nitrogens is 4. The minimum absolute atomic E-state index is 0.544. The number of rotatable bonds is 2. The van der Waals surface area contributed by atoms with Gasteiger partial charge >= 0.3 is 0 Å². The average molecular weight is 319 g/mol. The van der Waals surface area contributed by atoms with Crippen molar-refractivity contribution in [3.05, 3.63) is 39.6 Å². The minimum Gasteiger partial charge on any atom is -0.324 e. The van der Waals surface area contributed by atoms with Crippen LogP contribution in [0, 0.1) is 6.92 Å². The molecule has 0 N–H and O–H groups in total. The molecular formula is C15H15ClN4S. The zero-order valence-electron chi connectivity index (χ0n) is 11.8. The average Bonchev–Trinajstić information content (AvgIpc) is 3.05. The van der Waals surface area contributed by atoms with Gasteiger partial charge in [0.25, 0.3) is 0 Å². The van der Waals surface area contributed by atoms with E-state index in [0.29, 0.717) is 11.7 Å². The second kappa shape index (κ2) is 5.07. The summed E-state index contributed by atoms with van der Waals surface area (Å²) < 4.78 is 2.25. The molecule has 0 aromatic carbocycles. The van der Waals surface area contributed by atoms with Gasteiger partial charge in [0.05, 0.1) is 12.2 Å². The van der Waals surface area contributed by atoms with Crippen LogP contribution in [0.4, 0.5) is 0 Å². The van der Waals surface area contributed by atoms with E-state index in [-0.39, 0.29) is 0 Å². The minimum atomic E-state index is 0.544. The Morgan fingerprint density at radius 2 is 2.10 bits per heavy atom. The van der Waals surface area contributed by atoms with E-state index in [1.54, 1.807) is 11.3 Å². The van der Waals surface area contributed by atoms with Crippen LogP contribution in [0.5, 0.6) is 0 Å². The molecule has 0 aliphatic heterocycles. The first-order chi connectivity index (χ1) is 10.2. The predicted octanol–water partition coefficient (Wildman–Crippen LogP) is 3.78. The van der Waals surface area contributed by atoms with Crippen molar-refractivity contribution >= 4 is 33.2 Å². The number of hydrogen-bond acceptors (Lipinski definition) is 4. The summed E-state index contributed by atoms with van der Waals surface area (Å²) in [5.74, 6) is 1.82. The van der Waals surface area contributed by atoms with E-state index in [1.807, 2.05) is 11.4 Å². The molecule has 0 saturated heterocycles. The Bertz CT molecular complexity index is 821. The summed E-state index contributed by atoms with van der Waals surface area (Å²) in [6, 6.07) is 1.97. The molecule has 3 aromatic rings. The van der Waals surface area contributed by atoms with Crippen molar-refractivity contribution in [3.63, 3.8) is 0 Å². The SMILES string of the molecule is Cc1nc2c(n1Cc1nc(Cl)c3ccsc3n1)CCCC2. The quantitative estimate of drug-likeness (QED) is 0.675. The van der Waals surface area contributed by atoms with Gasteiger partial charge in [-0.25, -0.2) is 15.0 Å². The fourth-order valence-corrected chi connectivity index (χ4v) is 4.11. The number of halogens is 1. The highest BCUT2D eigenvalue weighted by Crippen LogP contribution is 2.26. The van der Waals surface area contributed by atoms with Crippen molar-refractivity contribution in [2.75, 3.05) is 0 Å². The molecule has 0 amide bonds. The van der Waals surface area contributed by atoms with Gasteiger partial charge in [0.1, 0.15) is 15.8 Å². The van der Waals surface area contributed by atoms with E-state index >= 15 is 0 Å². The molecule has 3 heterocycles. The van der Waals surface area contributed by atoms with Crippen LogP contribution in [0.15, 0.2) is 11.4 Å². The van der Waals surface area contributed by atoms with E-state index < -0.39 is 0 Å². The fraction of sp³-hybridized carbons (Fsp3) is 0.400. The Morgan fingerprint density at radius 1 is 1.24 bits per heavy atom. The highest BCUT2D eigenvalue weighted by molar-refractivity contribution is 7.16. The van der Waals surface area contributed by atoms with Gasteiger partial charge < -0.3 is 4.57 Å². The third kappa shape index (κ3) is 2.24. The lowest BCUT2D eigenvalue weighted by molar-refractivity contribution is 0.615. The first kappa shape index (κ1) is 13.2. The molecular weight excluding hydrogens is 304 g/mol. The number of thiophene rings is 1. The molecule has 3 aromatic heterocycles. The van der Waals surface area contributed by atoms with Crippen molar-refractivity contribution < 1.29 is 0 Å². The van der Waals surface area contributed by atoms with Crippen LogP contribution in [-0.4, -0.2) is 19.5 Å². The number of hydrogen-bond donors (Lipinski definition) is 0. The molecule has 0 fully saturated rings. The number of imidazole rings is 1. The second-order valence-corrected chi connectivity index (χ2v) is 6.67. The molecule has 6 heteroatoms. The molecule has 0 radical (unpaired) electrons. The fourth-order valence-electron chi connectivity index (χ4n) is 3.02. The second-order valence-electron chi connectivity index (χ2n) is 5.42. The van der Waals surface area contributed by atoms with E-state index in [2.05, 4.69) is 21.5 Å². The normalized spacial score (nSPS) is 14.6. The number of nitrogens with zero attached hydrogens (tertiary/aromatic N) is 4. The van der Waals surface area contributed by atoms with Crippen LogP contribution in [-0.2, 0) is 19.4 Å². The van der Waals surface area contributed by atoms with Crippen LogP contribution >= 0.6 is 22.9 Å². The first-order valence-corrected chi connectivity index (χ1v) is 8.42. The van der Waals surface area contributed by atoms with Crippen molar-refractivity contribution in [3.8, 4) is 0 Å². The molecule has 4 nitrogen and oxygen atoms in total. The molecule has 0 saturated carbocycles. The molecule has 0 spiro atoms. The number of fused-ring (bicyclic) bond motifs is 2. The third-order valence-electron chi connectivity index (χ3n) is 4.05. The maximum Gasteiger partial charge on any atom is 0.151 e. The van der Waals surface area contributed by atoms with E-state index in [9.17, 15) is 0 Å². The molecule has 4 rings (SSSR count). The van der Waals surface area contributed by atoms with Gasteiger partial charge in [0, 0.05) is 11.1 Å². The van der Waals surface area contributed by atoms with E-state index in [1.165, 1.54) is 24.2 Å². The van der Waals surface area contributed by atoms with E-state index in [4.69, 9.17) is 16.6 Å². The summed E-state index contributed by atoms with van der Waals surface area (Å²) in [6.07, 6.45) is 4.68. The highest BCUT2D eigenvalue weighted by Gasteiger charge is 2.19. The van der Waals surface area contributed by atoms with E-state index in [0.717, 1.165) is 34.7 Å². The predicted molar refractivity (Wildman–Crippen MR) is 85.1 cm³/mol. The molecule has 0 unspecified atom stereocenters. The Morgan fingerprint density at radius 3 is 3.00 bits per heavy atom. The smallest absolute Gasteiger partial charge is 0.151 e. The third-order valence-corrected chi connectivity index (χ3v) is 5.14. The van der Waals surface area contributed by atoms with Crippen LogP contribution in [0.3, 0.4) is 0 Å². The monoisotopic (exact) mass is 318 g/mol. The van der Waals surface area contributed by atoms with Crippen LogP contribution in [0.1, 0.15) is 35.9 Å². The van der Waals surface area contributed by atoms with Crippen LogP contribution < -0.4 is 0 Å². The summed E-state index contributed by atoms with van der Waals surface area (Å²) in [5.41, 5.74) is 2.60. The van der Waals surface area contributed by atoms with Crippen molar-refractivity contribution in [1.29, 1.82) is 0 Å². The molecule has 0 atom stereocenters. The van der Waals surface area contributed by atoms with Gasteiger partial charge in [-0.15, -0.1) is 11.3 Å². The summed E-state index contributed by atoms with van der Waals surface area (Å²) in [5, 5.41) is 3.48. The summed E-state index contributed by atoms with van der Waals surface area (Å²) in [6.45, 7) is 2.71. The Labute approximate surface area is 131 Å². The first-order valence-electron chi connectivity index (χ1n) is 7.17. The number of aryl methyl sites for hydroxylation is 2. The van der Waals surface area contributed by atoms with Gasteiger partial charge in [0.2, 0.25) is 0 Å². The lowest BCUT2D eigenvalue weighted by atomic mass is 10.0. The van der Waals surface area contributed by atoms with Crippen molar-refractivity contribution in [2.24, 2.45) is 0 Å². The maximum atomic E-state index is 6.26. The lowest BCUT2D eigenvalue weighted by Gasteiger charge is -2.14. The van der Waals surface area contributed by atoms with Gasteiger partial charge in [-0.3, -0.25) is 0 Å². The Kier molecular flexibility index (Phi) is 3.19. The summed E-state index contributed by atoms with van der Waals surface area (Å²) >= 11 is 7.86. The highest BCUT2D eigenvalue weighted by atomic mass is 35.5. The van der Waals surface area contributed by atoms with Crippen LogP contribution in [0.2, 0.25) is 5.15 Å². The summed E-state index contributed by atoms with van der Waals surface area (Å²) in [7, 11) is 0. The standard InChI is InChI=1S/C15H15ClN4S/c1-9-17-11-4-2-3-5-12(11)20(9)8-13-18-14(16)10-6-7-21-15(10)19-13/h6-7H,2-5,8H2,1H3. The van der Waals surface area contributed by atoms with Gasteiger partial charge in [0.15, 0.2) is 5.82 Å². The largest absolute Gasteiger partial charge is 0.324 e. The van der Waals surface area contributed by atoms with Gasteiger partial charge in [-0.2, -0.15) is 0 Å². The Balaban J connectivity index is 1.76. The summed E-state index contributed by atoms with van der Waals surface area (Å²) in [4.78, 5) is 14.7. The molecule has 1 aliphatic rings. The van der Waals surface area contributed by atoms with Crippen LogP contribution in [0.25, 0.3) is 10.2 Å². The van der Waals surface area contributed by atoms with Gasteiger partial charge in [-0.1, -0.05) is 11.6 Å². The molecule has 1 aliphatic carbocycles. The van der Waals surface area contributed by atoms with Crippen molar-refractivity contribution in [2.45, 2.75) is 39.2 Å². The zero-order chi connectivity index (χ0) is 14.4.